The van der Waals surface area contributed by atoms with E-state index in [2.05, 4.69) is 6.58 Å². The summed E-state index contributed by atoms with van der Waals surface area (Å²) in [4.78, 5) is 26.6. The first kappa shape index (κ1) is 13.3. The first-order chi connectivity index (χ1) is 10.6. The molecule has 4 heteroatoms. The molecule has 0 radical (unpaired) electrons. The summed E-state index contributed by atoms with van der Waals surface area (Å²) in [5, 5.41) is 0. The van der Waals surface area contributed by atoms with Gasteiger partial charge >= 0.3 is 5.97 Å². The fourth-order valence-corrected chi connectivity index (χ4v) is 3.83. The predicted octanol–water partition coefficient (Wildman–Crippen LogP) is 3.10. The number of hydrogen-bond acceptors (Lipinski definition) is 3. The Morgan fingerprint density at radius 3 is 2.59 bits per heavy atom. The standard InChI is InChI=1S/C18H17NO3/c1-12-11-18(15-10-6-5-9-14(15)17(21)22-18)19(16(12)20)13-7-3-2-4-8-13/h2-4,7-8H,1,5-6,9-11H2. The molecule has 0 saturated carbocycles. The summed E-state index contributed by atoms with van der Waals surface area (Å²) in [5.41, 5.74) is 2.03. The molecule has 1 aromatic carbocycles. The van der Waals surface area contributed by atoms with Crippen molar-refractivity contribution in [1.29, 1.82) is 0 Å². The smallest absolute Gasteiger partial charge is 0.336 e. The maximum atomic E-state index is 12.7. The minimum absolute atomic E-state index is 0.154. The van der Waals surface area contributed by atoms with Gasteiger partial charge in [-0.15, -0.1) is 0 Å². The van der Waals surface area contributed by atoms with Gasteiger partial charge in [-0.1, -0.05) is 24.8 Å². The Kier molecular flexibility index (Phi) is 2.76. The van der Waals surface area contributed by atoms with Gasteiger partial charge in [0.1, 0.15) is 0 Å². The number of amides is 1. The van der Waals surface area contributed by atoms with Crippen molar-refractivity contribution in [3.63, 3.8) is 0 Å². The van der Waals surface area contributed by atoms with Crippen LogP contribution in [0.25, 0.3) is 0 Å². The molecule has 22 heavy (non-hydrogen) atoms. The predicted molar refractivity (Wildman–Crippen MR) is 82.0 cm³/mol. The van der Waals surface area contributed by atoms with Gasteiger partial charge in [-0.05, 0) is 37.8 Å². The highest BCUT2D eigenvalue weighted by molar-refractivity contribution is 6.11. The minimum Gasteiger partial charge on any atom is -0.431 e. The van der Waals surface area contributed by atoms with Gasteiger partial charge in [0, 0.05) is 28.8 Å². The fraction of sp³-hybridized carbons (Fsp3) is 0.333. The van der Waals surface area contributed by atoms with Crippen LogP contribution in [0.3, 0.4) is 0 Å². The third-order valence-electron chi connectivity index (χ3n) is 4.78. The average Bonchev–Trinajstić information content (AvgIpc) is 2.95. The second-order valence-corrected chi connectivity index (χ2v) is 6.09. The molecule has 3 aliphatic rings. The Labute approximate surface area is 129 Å². The van der Waals surface area contributed by atoms with Gasteiger partial charge in [0.25, 0.3) is 5.91 Å². The number of rotatable bonds is 1. The van der Waals surface area contributed by atoms with Crippen LogP contribution in [0.5, 0.6) is 0 Å². The molecule has 4 rings (SSSR count). The molecule has 1 aromatic rings. The molecule has 0 bridgehead atoms. The van der Waals surface area contributed by atoms with Crippen molar-refractivity contribution in [2.75, 3.05) is 4.90 Å². The SMILES string of the molecule is C=C1CC2(OC(=O)C3=C2CCCC3)N(c2ccccc2)C1=O. The lowest BCUT2D eigenvalue weighted by Gasteiger charge is -2.36. The molecule has 1 atom stereocenters. The van der Waals surface area contributed by atoms with Gasteiger partial charge in [0.2, 0.25) is 5.72 Å². The van der Waals surface area contributed by atoms with Crippen LogP contribution in [-0.4, -0.2) is 17.6 Å². The van der Waals surface area contributed by atoms with Crippen molar-refractivity contribution < 1.29 is 14.3 Å². The Morgan fingerprint density at radius 1 is 1.09 bits per heavy atom. The normalized spacial score (nSPS) is 27.6. The molecular weight excluding hydrogens is 278 g/mol. The zero-order chi connectivity index (χ0) is 15.3. The molecule has 1 unspecified atom stereocenters. The Hall–Kier alpha value is -2.36. The maximum Gasteiger partial charge on any atom is 0.336 e. The highest BCUT2D eigenvalue weighted by Crippen LogP contribution is 2.51. The van der Waals surface area contributed by atoms with Gasteiger partial charge in [-0.25, -0.2) is 4.79 Å². The van der Waals surface area contributed by atoms with E-state index in [0.717, 1.165) is 42.5 Å². The third kappa shape index (κ3) is 1.64. The molecule has 1 spiro atoms. The molecule has 0 aromatic heterocycles. The number of hydrogen-bond donors (Lipinski definition) is 0. The quantitative estimate of drug-likeness (QED) is 0.591. The van der Waals surface area contributed by atoms with Crippen molar-refractivity contribution in [3.8, 4) is 0 Å². The molecular formula is C18H17NO3. The maximum absolute atomic E-state index is 12.7. The number of ether oxygens (including phenoxy) is 1. The van der Waals surface area contributed by atoms with E-state index in [1.807, 2.05) is 30.3 Å². The van der Waals surface area contributed by atoms with E-state index < -0.39 is 5.72 Å². The number of benzene rings is 1. The number of para-hydroxylation sites is 1. The van der Waals surface area contributed by atoms with E-state index in [1.165, 1.54) is 0 Å². The first-order valence-electron chi connectivity index (χ1n) is 7.67. The van der Waals surface area contributed by atoms with E-state index in [4.69, 9.17) is 4.74 Å². The monoisotopic (exact) mass is 295 g/mol. The summed E-state index contributed by atoms with van der Waals surface area (Å²) in [6, 6.07) is 9.40. The van der Waals surface area contributed by atoms with Gasteiger partial charge in [-0.3, -0.25) is 9.69 Å². The van der Waals surface area contributed by atoms with E-state index in [1.54, 1.807) is 4.90 Å². The van der Waals surface area contributed by atoms with Crippen LogP contribution in [0.2, 0.25) is 0 Å². The lowest BCUT2D eigenvalue weighted by atomic mass is 9.86. The van der Waals surface area contributed by atoms with Crippen molar-refractivity contribution in [2.24, 2.45) is 0 Å². The molecule has 0 N–H and O–H groups in total. The van der Waals surface area contributed by atoms with E-state index in [0.29, 0.717) is 12.0 Å². The number of carbonyl (C=O) groups is 2. The average molecular weight is 295 g/mol. The number of carbonyl (C=O) groups excluding carboxylic acids is 2. The van der Waals surface area contributed by atoms with Gasteiger partial charge in [0.05, 0.1) is 0 Å². The van der Waals surface area contributed by atoms with Crippen molar-refractivity contribution in [2.45, 2.75) is 37.8 Å². The summed E-state index contributed by atoms with van der Waals surface area (Å²) in [7, 11) is 0. The zero-order valence-corrected chi connectivity index (χ0v) is 12.3. The van der Waals surface area contributed by atoms with Crippen LogP contribution in [0.1, 0.15) is 32.1 Å². The molecule has 112 valence electrons. The van der Waals surface area contributed by atoms with Crippen LogP contribution in [0, 0.1) is 0 Å². The largest absolute Gasteiger partial charge is 0.431 e. The van der Waals surface area contributed by atoms with Gasteiger partial charge in [0.15, 0.2) is 0 Å². The lowest BCUT2D eigenvalue weighted by molar-refractivity contribution is -0.146. The summed E-state index contributed by atoms with van der Waals surface area (Å²) >= 11 is 0. The molecule has 4 nitrogen and oxygen atoms in total. The second kappa shape index (κ2) is 4.57. The van der Waals surface area contributed by atoms with Crippen molar-refractivity contribution in [3.05, 3.63) is 53.6 Å². The number of fused-ring (bicyclic) bond motifs is 1. The highest BCUT2D eigenvalue weighted by atomic mass is 16.6. The Bertz CT molecular complexity index is 719. The van der Waals surface area contributed by atoms with E-state index >= 15 is 0 Å². The van der Waals surface area contributed by atoms with Crippen molar-refractivity contribution in [1.82, 2.24) is 0 Å². The lowest BCUT2D eigenvalue weighted by Crippen LogP contribution is -2.48. The van der Waals surface area contributed by atoms with Crippen LogP contribution in [0.15, 0.2) is 53.6 Å². The van der Waals surface area contributed by atoms with Crippen LogP contribution in [0.4, 0.5) is 5.69 Å². The molecule has 1 aliphatic carbocycles. The van der Waals surface area contributed by atoms with Crippen LogP contribution < -0.4 is 4.90 Å². The highest BCUT2D eigenvalue weighted by Gasteiger charge is 2.58. The topological polar surface area (TPSA) is 46.6 Å². The van der Waals surface area contributed by atoms with Crippen LogP contribution >= 0.6 is 0 Å². The van der Waals surface area contributed by atoms with Crippen LogP contribution in [-0.2, 0) is 14.3 Å². The fourth-order valence-electron chi connectivity index (χ4n) is 3.83. The zero-order valence-electron chi connectivity index (χ0n) is 12.3. The third-order valence-corrected chi connectivity index (χ3v) is 4.78. The summed E-state index contributed by atoms with van der Waals surface area (Å²) in [6.07, 6.45) is 3.96. The number of anilines is 1. The summed E-state index contributed by atoms with van der Waals surface area (Å²) in [5.74, 6) is -0.420. The van der Waals surface area contributed by atoms with Crippen molar-refractivity contribution >= 4 is 17.6 Å². The molecule has 1 amide bonds. The van der Waals surface area contributed by atoms with E-state index in [9.17, 15) is 9.59 Å². The molecule has 2 heterocycles. The summed E-state index contributed by atoms with van der Waals surface area (Å²) < 4.78 is 5.80. The van der Waals surface area contributed by atoms with Gasteiger partial charge in [-0.2, -0.15) is 0 Å². The number of esters is 1. The first-order valence-corrected chi connectivity index (χ1v) is 7.67. The Balaban J connectivity index is 1.89. The molecule has 1 fully saturated rings. The van der Waals surface area contributed by atoms with Gasteiger partial charge < -0.3 is 4.74 Å². The minimum atomic E-state index is -0.970. The second-order valence-electron chi connectivity index (χ2n) is 6.09. The van der Waals surface area contributed by atoms with E-state index in [-0.39, 0.29) is 11.9 Å². The number of nitrogens with zero attached hydrogens (tertiary/aromatic N) is 1. The molecule has 1 saturated heterocycles. The molecule has 2 aliphatic heterocycles. The Morgan fingerprint density at radius 2 is 1.82 bits per heavy atom. The summed E-state index contributed by atoms with van der Waals surface area (Å²) in [6.45, 7) is 3.89.